The molecule has 0 N–H and O–H groups in total. The molecule has 0 aliphatic carbocycles. The van der Waals surface area contributed by atoms with Crippen molar-refractivity contribution in [2.75, 3.05) is 0 Å². The second-order valence-electron chi connectivity index (χ2n) is 0.575. The van der Waals surface area contributed by atoms with Gasteiger partial charge in [0, 0.05) is 22.9 Å². The van der Waals surface area contributed by atoms with Crippen LogP contribution in [0.3, 0.4) is 0 Å². The molecule has 1 nitrogen and oxygen atoms in total. The van der Waals surface area contributed by atoms with Gasteiger partial charge in [-0.2, -0.15) is 0 Å². The Morgan fingerprint density at radius 3 is 2.00 bits per heavy atom. The molecule has 0 saturated carbocycles. The molecule has 0 aliphatic rings. The number of hydrogen-bond donors (Lipinski definition) is 0. The molecule has 0 atom stereocenters. The summed E-state index contributed by atoms with van der Waals surface area (Å²) in [5.41, 5.74) is 0. The zero-order valence-electron chi connectivity index (χ0n) is 3.01. The van der Waals surface area contributed by atoms with Crippen LogP contribution in [0.1, 0.15) is 13.3 Å². The third-order valence-corrected chi connectivity index (χ3v) is 0.167. The van der Waals surface area contributed by atoms with Crippen LogP contribution < -0.4 is 0 Å². The Hall–Kier alpha value is 0.164. The molecule has 34 valence electrons. The van der Waals surface area contributed by atoms with E-state index in [1.54, 1.807) is 0 Å². The molecular weight excluding hydrogens is 111 g/mol. The van der Waals surface area contributed by atoms with Crippen LogP contribution in [-0.4, -0.2) is 6.29 Å². The number of rotatable bonds is 1. The average molecular weight is 117 g/mol. The maximum Gasteiger partial charge on any atom is 0.119 e. The summed E-state index contributed by atoms with van der Waals surface area (Å²) in [7, 11) is 0. The van der Waals surface area contributed by atoms with Crippen molar-refractivity contribution in [1.82, 2.24) is 0 Å². The van der Waals surface area contributed by atoms with Gasteiger partial charge < -0.3 is 4.79 Å². The Morgan fingerprint density at radius 1 is 1.80 bits per heavy atom. The molecule has 0 aromatic carbocycles. The smallest absolute Gasteiger partial charge is 0.119 e. The fraction of sp³-hybridized carbons (Fsp3) is 0.667. The first-order chi connectivity index (χ1) is 1.91. The van der Waals surface area contributed by atoms with E-state index in [9.17, 15) is 4.79 Å². The summed E-state index contributed by atoms with van der Waals surface area (Å²) < 4.78 is 0. The van der Waals surface area contributed by atoms with E-state index in [1.807, 2.05) is 6.92 Å². The van der Waals surface area contributed by atoms with Crippen LogP contribution in [0.25, 0.3) is 0 Å². The van der Waals surface area contributed by atoms with Crippen molar-refractivity contribution in [2.45, 2.75) is 13.3 Å². The fourth-order valence-electron chi connectivity index (χ4n) is 0. The van der Waals surface area contributed by atoms with Crippen LogP contribution in [0.4, 0.5) is 0 Å². The molecule has 0 amide bonds. The molecule has 0 heterocycles. The largest absolute Gasteiger partial charge is 0.303 e. The second-order valence-corrected chi connectivity index (χ2v) is 0.575. The maximum absolute atomic E-state index is 9.17. The summed E-state index contributed by atoms with van der Waals surface area (Å²) in [6.07, 6.45) is 1.51. The summed E-state index contributed by atoms with van der Waals surface area (Å²) in [5.74, 6) is 0. The van der Waals surface area contributed by atoms with Gasteiger partial charge >= 0.3 is 0 Å². The Labute approximate surface area is 41.7 Å². The number of carbonyl (C=O) groups excluding carboxylic acids is 1. The first kappa shape index (κ1) is 8.94. The van der Waals surface area contributed by atoms with E-state index in [2.05, 4.69) is 0 Å². The zero-order valence-corrected chi connectivity index (χ0v) is 4.00. The Bertz CT molecular complexity index is 20.9. The molecule has 5 heavy (non-hydrogen) atoms. The van der Waals surface area contributed by atoms with Gasteiger partial charge in [-0.1, -0.05) is 6.92 Å². The van der Waals surface area contributed by atoms with Gasteiger partial charge in [0.15, 0.2) is 0 Å². The molecule has 0 aromatic heterocycles. The normalized spacial score (nSPS) is 5.00. The third kappa shape index (κ3) is 14.4. The minimum atomic E-state index is 0. The standard InChI is InChI=1S/C3H6O.Ni/c1-2-3-4;/h3H,2H2,1H3;. The van der Waals surface area contributed by atoms with E-state index in [0.29, 0.717) is 6.42 Å². The van der Waals surface area contributed by atoms with Crippen molar-refractivity contribution in [3.05, 3.63) is 0 Å². The minimum absolute atomic E-state index is 0. The van der Waals surface area contributed by atoms with Crippen molar-refractivity contribution in [3.63, 3.8) is 0 Å². The SMILES string of the molecule is CCC=O.[Ni]. The first-order valence-electron chi connectivity index (χ1n) is 1.35. The Kier molecular flexibility index (Phi) is 15.9. The van der Waals surface area contributed by atoms with Gasteiger partial charge in [0.25, 0.3) is 0 Å². The van der Waals surface area contributed by atoms with E-state index >= 15 is 0 Å². The Morgan fingerprint density at radius 2 is 2.00 bits per heavy atom. The van der Waals surface area contributed by atoms with Crippen LogP contribution in [0.2, 0.25) is 0 Å². The fourth-order valence-corrected chi connectivity index (χ4v) is 0. The summed E-state index contributed by atoms with van der Waals surface area (Å²) in [4.78, 5) is 9.17. The predicted octanol–water partition coefficient (Wildman–Crippen LogP) is 0.593. The third-order valence-electron chi connectivity index (χ3n) is 0.167. The number of carbonyl (C=O) groups is 1. The van der Waals surface area contributed by atoms with Crippen molar-refractivity contribution in [2.24, 2.45) is 0 Å². The average Bonchev–Trinajstić information content (AvgIpc) is 1.37. The molecule has 0 unspecified atom stereocenters. The summed E-state index contributed by atoms with van der Waals surface area (Å²) in [6, 6.07) is 0. The van der Waals surface area contributed by atoms with Crippen LogP contribution in [0.15, 0.2) is 0 Å². The quantitative estimate of drug-likeness (QED) is 0.362. The van der Waals surface area contributed by atoms with E-state index in [-0.39, 0.29) is 16.5 Å². The van der Waals surface area contributed by atoms with Gasteiger partial charge in [-0.25, -0.2) is 0 Å². The molecule has 0 saturated heterocycles. The predicted molar refractivity (Wildman–Crippen MR) is 16.4 cm³/mol. The van der Waals surface area contributed by atoms with E-state index < -0.39 is 0 Å². The molecule has 0 radical (unpaired) electrons. The minimum Gasteiger partial charge on any atom is -0.303 e. The van der Waals surface area contributed by atoms with Crippen molar-refractivity contribution in [1.29, 1.82) is 0 Å². The van der Waals surface area contributed by atoms with Gasteiger partial charge in [-0.15, -0.1) is 0 Å². The Balaban J connectivity index is 0. The molecular formula is C3H6NiO. The van der Waals surface area contributed by atoms with Crippen LogP contribution in [-0.2, 0) is 21.3 Å². The van der Waals surface area contributed by atoms with E-state index in [4.69, 9.17) is 0 Å². The summed E-state index contributed by atoms with van der Waals surface area (Å²) in [6.45, 7) is 1.81. The monoisotopic (exact) mass is 116 g/mol. The maximum atomic E-state index is 9.17. The molecule has 0 aliphatic heterocycles. The van der Waals surface area contributed by atoms with Gasteiger partial charge in [0.05, 0.1) is 0 Å². The molecule has 0 rings (SSSR count). The van der Waals surface area contributed by atoms with E-state index in [0.717, 1.165) is 6.29 Å². The van der Waals surface area contributed by atoms with Crippen LogP contribution in [0.5, 0.6) is 0 Å². The molecule has 0 spiro atoms. The van der Waals surface area contributed by atoms with Crippen LogP contribution >= 0.6 is 0 Å². The number of aldehydes is 1. The summed E-state index contributed by atoms with van der Waals surface area (Å²) >= 11 is 0. The molecule has 0 aromatic rings. The molecule has 2 heteroatoms. The van der Waals surface area contributed by atoms with Gasteiger partial charge in [-0.05, 0) is 0 Å². The first-order valence-corrected chi connectivity index (χ1v) is 1.35. The molecule has 0 fully saturated rings. The number of hydrogen-bond acceptors (Lipinski definition) is 1. The van der Waals surface area contributed by atoms with Crippen molar-refractivity contribution < 1.29 is 21.3 Å². The van der Waals surface area contributed by atoms with Crippen LogP contribution in [0, 0.1) is 0 Å². The molecule has 0 bridgehead atoms. The van der Waals surface area contributed by atoms with Crippen molar-refractivity contribution in [3.8, 4) is 0 Å². The van der Waals surface area contributed by atoms with Crippen molar-refractivity contribution >= 4 is 6.29 Å². The zero-order chi connectivity index (χ0) is 3.41. The van der Waals surface area contributed by atoms with Gasteiger partial charge in [0.1, 0.15) is 6.29 Å². The second kappa shape index (κ2) is 8.90. The summed E-state index contributed by atoms with van der Waals surface area (Å²) in [5, 5.41) is 0. The van der Waals surface area contributed by atoms with E-state index in [1.165, 1.54) is 0 Å². The van der Waals surface area contributed by atoms with Gasteiger partial charge in [0.2, 0.25) is 0 Å². The topological polar surface area (TPSA) is 17.1 Å². The van der Waals surface area contributed by atoms with Gasteiger partial charge in [-0.3, -0.25) is 0 Å².